The van der Waals surface area contributed by atoms with E-state index in [0.29, 0.717) is 38.7 Å². The molecule has 0 saturated carbocycles. The van der Waals surface area contributed by atoms with Gasteiger partial charge in [-0.3, -0.25) is 14.2 Å². The SMILES string of the molecule is COc1ccc(NC(=O)CSc2nc3c(c(=O)n2-c2ccc(OC)c(OC)c2)SCC3)cc1. The Labute approximate surface area is 199 Å². The van der Waals surface area contributed by atoms with Crippen LogP contribution in [0.2, 0.25) is 0 Å². The van der Waals surface area contributed by atoms with Gasteiger partial charge >= 0.3 is 0 Å². The van der Waals surface area contributed by atoms with E-state index in [1.54, 1.807) is 63.8 Å². The number of thioether (sulfide) groups is 2. The van der Waals surface area contributed by atoms with Crippen LogP contribution in [0, 0.1) is 0 Å². The van der Waals surface area contributed by atoms with E-state index >= 15 is 0 Å². The molecule has 4 rings (SSSR count). The van der Waals surface area contributed by atoms with Gasteiger partial charge in [0.25, 0.3) is 5.56 Å². The summed E-state index contributed by atoms with van der Waals surface area (Å²) >= 11 is 2.72. The predicted molar refractivity (Wildman–Crippen MR) is 130 cm³/mol. The first-order chi connectivity index (χ1) is 16.0. The number of nitrogens with zero attached hydrogens (tertiary/aromatic N) is 2. The summed E-state index contributed by atoms with van der Waals surface area (Å²) in [6.07, 6.45) is 0.730. The monoisotopic (exact) mass is 485 g/mol. The summed E-state index contributed by atoms with van der Waals surface area (Å²) in [6.45, 7) is 0. The maximum Gasteiger partial charge on any atom is 0.272 e. The van der Waals surface area contributed by atoms with E-state index in [2.05, 4.69) is 5.32 Å². The Hall–Kier alpha value is -3.11. The third kappa shape index (κ3) is 4.96. The van der Waals surface area contributed by atoms with Crippen molar-refractivity contribution in [1.82, 2.24) is 9.55 Å². The van der Waals surface area contributed by atoms with Crippen molar-refractivity contribution in [3.05, 3.63) is 58.5 Å². The van der Waals surface area contributed by atoms with Gasteiger partial charge in [0.15, 0.2) is 16.7 Å². The highest BCUT2D eigenvalue weighted by atomic mass is 32.2. The van der Waals surface area contributed by atoms with Gasteiger partial charge < -0.3 is 19.5 Å². The molecule has 2 aromatic carbocycles. The standard InChI is InChI=1S/C23H23N3O5S2/c1-29-16-7-4-14(5-8-16)24-20(27)13-33-23-25-17-10-11-32-21(17)22(28)26(23)15-6-9-18(30-2)19(12-15)31-3/h4-9,12H,10-11,13H2,1-3H3,(H,24,27). The molecule has 1 aromatic heterocycles. The lowest BCUT2D eigenvalue weighted by atomic mass is 10.2. The minimum atomic E-state index is -0.201. The lowest BCUT2D eigenvalue weighted by molar-refractivity contribution is -0.113. The molecule has 0 saturated heterocycles. The normalized spacial score (nSPS) is 12.2. The Balaban J connectivity index is 1.62. The highest BCUT2D eigenvalue weighted by Gasteiger charge is 2.23. The smallest absolute Gasteiger partial charge is 0.272 e. The first-order valence-electron chi connectivity index (χ1n) is 10.1. The topological polar surface area (TPSA) is 91.7 Å². The summed E-state index contributed by atoms with van der Waals surface area (Å²) in [5.74, 6) is 2.48. The molecule has 8 nitrogen and oxygen atoms in total. The number of hydrogen-bond donors (Lipinski definition) is 1. The number of carbonyl (C=O) groups excluding carboxylic acids is 1. The minimum Gasteiger partial charge on any atom is -0.497 e. The number of methoxy groups -OCH3 is 3. The van der Waals surface area contributed by atoms with Gasteiger partial charge in [-0.15, -0.1) is 11.8 Å². The number of carbonyl (C=O) groups is 1. The fraction of sp³-hybridized carbons (Fsp3) is 0.261. The number of hydrogen-bond acceptors (Lipinski definition) is 8. The average molecular weight is 486 g/mol. The molecule has 1 N–H and O–H groups in total. The van der Waals surface area contributed by atoms with Crippen LogP contribution < -0.4 is 25.1 Å². The molecule has 0 unspecified atom stereocenters. The number of anilines is 1. The van der Waals surface area contributed by atoms with Crippen molar-refractivity contribution in [1.29, 1.82) is 0 Å². The average Bonchev–Trinajstić information content (AvgIpc) is 3.32. The first kappa shape index (κ1) is 23.1. The Morgan fingerprint density at radius 3 is 2.55 bits per heavy atom. The molecular formula is C23H23N3O5S2. The summed E-state index contributed by atoms with van der Waals surface area (Å²) in [7, 11) is 4.69. The second-order valence-electron chi connectivity index (χ2n) is 7.01. The predicted octanol–water partition coefficient (Wildman–Crippen LogP) is 3.64. The zero-order valence-electron chi connectivity index (χ0n) is 18.4. The Kier molecular flexibility index (Phi) is 7.14. The molecule has 0 aliphatic carbocycles. The summed E-state index contributed by atoms with van der Waals surface area (Å²) in [5, 5.41) is 3.31. The molecule has 0 fully saturated rings. The van der Waals surface area contributed by atoms with Gasteiger partial charge in [-0.25, -0.2) is 4.98 Å². The van der Waals surface area contributed by atoms with Crippen LogP contribution in [0.25, 0.3) is 5.69 Å². The van der Waals surface area contributed by atoms with Crippen molar-refractivity contribution in [3.8, 4) is 22.9 Å². The first-order valence-corrected chi connectivity index (χ1v) is 12.1. The number of amides is 1. The third-order valence-electron chi connectivity index (χ3n) is 5.00. The quantitative estimate of drug-likeness (QED) is 0.382. The fourth-order valence-corrected chi connectivity index (χ4v) is 5.24. The molecule has 172 valence electrons. The number of benzene rings is 2. The summed E-state index contributed by atoms with van der Waals surface area (Å²) in [5.41, 5.74) is 1.89. The van der Waals surface area contributed by atoms with E-state index in [9.17, 15) is 9.59 Å². The minimum absolute atomic E-state index is 0.0949. The molecule has 10 heteroatoms. The lowest BCUT2D eigenvalue weighted by Gasteiger charge is -2.15. The van der Waals surface area contributed by atoms with Crippen LogP contribution >= 0.6 is 23.5 Å². The summed E-state index contributed by atoms with van der Waals surface area (Å²) in [6, 6.07) is 12.3. The van der Waals surface area contributed by atoms with Crippen molar-refractivity contribution < 1.29 is 19.0 Å². The van der Waals surface area contributed by atoms with Gasteiger partial charge in [-0.05, 0) is 36.4 Å². The largest absolute Gasteiger partial charge is 0.497 e. The molecule has 1 aliphatic heterocycles. The molecule has 1 aliphatic rings. The number of ether oxygens (including phenoxy) is 3. The molecule has 2 heterocycles. The van der Waals surface area contributed by atoms with E-state index in [0.717, 1.165) is 17.9 Å². The number of aromatic nitrogens is 2. The van der Waals surface area contributed by atoms with E-state index < -0.39 is 0 Å². The van der Waals surface area contributed by atoms with E-state index in [4.69, 9.17) is 19.2 Å². The Bertz CT molecular complexity index is 1230. The molecule has 0 atom stereocenters. The molecule has 33 heavy (non-hydrogen) atoms. The zero-order valence-corrected chi connectivity index (χ0v) is 20.0. The van der Waals surface area contributed by atoms with Gasteiger partial charge in [0, 0.05) is 23.9 Å². The van der Waals surface area contributed by atoms with Crippen molar-refractivity contribution in [2.75, 3.05) is 38.2 Å². The van der Waals surface area contributed by atoms with Gasteiger partial charge in [0.1, 0.15) is 5.75 Å². The maximum atomic E-state index is 13.3. The molecule has 1 amide bonds. The van der Waals surface area contributed by atoms with E-state index in [1.807, 2.05) is 0 Å². The van der Waals surface area contributed by atoms with Gasteiger partial charge in [-0.2, -0.15) is 0 Å². The van der Waals surface area contributed by atoms with Gasteiger partial charge in [0.05, 0.1) is 43.4 Å². The second-order valence-corrected chi connectivity index (χ2v) is 9.06. The third-order valence-corrected chi connectivity index (χ3v) is 7.04. The number of aryl methyl sites for hydroxylation is 1. The van der Waals surface area contributed by atoms with Crippen LogP contribution in [-0.4, -0.2) is 48.3 Å². The summed E-state index contributed by atoms with van der Waals surface area (Å²) < 4.78 is 17.4. The van der Waals surface area contributed by atoms with Crippen LogP contribution in [-0.2, 0) is 11.2 Å². The molecule has 3 aromatic rings. The van der Waals surface area contributed by atoms with Gasteiger partial charge in [-0.1, -0.05) is 11.8 Å². The molecule has 0 bridgehead atoms. The highest BCUT2D eigenvalue weighted by molar-refractivity contribution is 8.00. The van der Waals surface area contributed by atoms with Crippen molar-refractivity contribution in [2.24, 2.45) is 0 Å². The second kappa shape index (κ2) is 10.2. The van der Waals surface area contributed by atoms with Crippen LogP contribution in [0.4, 0.5) is 5.69 Å². The van der Waals surface area contributed by atoms with E-state index in [1.165, 1.54) is 28.1 Å². The van der Waals surface area contributed by atoms with Crippen LogP contribution in [0.5, 0.6) is 17.2 Å². The fourth-order valence-electron chi connectivity index (χ4n) is 3.38. The highest BCUT2D eigenvalue weighted by Crippen LogP contribution is 2.33. The molecule has 0 radical (unpaired) electrons. The van der Waals surface area contributed by atoms with Crippen LogP contribution in [0.15, 0.2) is 57.3 Å². The number of rotatable bonds is 8. The Morgan fingerprint density at radius 2 is 1.85 bits per heavy atom. The van der Waals surface area contributed by atoms with Crippen LogP contribution in [0.3, 0.4) is 0 Å². The lowest BCUT2D eigenvalue weighted by Crippen LogP contribution is -2.24. The van der Waals surface area contributed by atoms with E-state index in [-0.39, 0.29) is 17.2 Å². The van der Waals surface area contributed by atoms with Crippen molar-refractivity contribution >= 4 is 35.1 Å². The molecule has 0 spiro atoms. The Morgan fingerprint density at radius 1 is 1.09 bits per heavy atom. The number of fused-ring (bicyclic) bond motifs is 1. The van der Waals surface area contributed by atoms with Gasteiger partial charge in [0.2, 0.25) is 5.91 Å². The molecular weight excluding hydrogens is 462 g/mol. The van der Waals surface area contributed by atoms with Crippen LogP contribution in [0.1, 0.15) is 5.69 Å². The zero-order chi connectivity index (χ0) is 23.4. The number of nitrogens with one attached hydrogen (secondary N) is 1. The van der Waals surface area contributed by atoms with Crippen molar-refractivity contribution in [3.63, 3.8) is 0 Å². The maximum absolute atomic E-state index is 13.3. The summed E-state index contributed by atoms with van der Waals surface area (Å²) in [4.78, 5) is 31.3. The van der Waals surface area contributed by atoms with Crippen molar-refractivity contribution in [2.45, 2.75) is 16.5 Å².